The van der Waals surface area contributed by atoms with Crippen LogP contribution in [0.4, 0.5) is 0 Å². The van der Waals surface area contributed by atoms with E-state index in [-0.39, 0.29) is 17.3 Å². The molecule has 2 aliphatic heterocycles. The molecule has 35 heavy (non-hydrogen) atoms. The SMILES string of the molecule is CCOc1cc(/C=C2/C(=N)N3N=C(C(C)C)SC3=NC2=O)ccc1OCCOc1ccc(Br)cc1. The number of hydrogen-bond donors (Lipinski definition) is 1. The first-order chi connectivity index (χ1) is 16.9. The Balaban J connectivity index is 1.46. The van der Waals surface area contributed by atoms with Crippen LogP contribution in [-0.4, -0.2) is 46.8 Å². The number of fused-ring (bicyclic) bond motifs is 1. The molecule has 0 radical (unpaired) electrons. The lowest BCUT2D eigenvalue weighted by Gasteiger charge is -2.20. The molecule has 1 amide bonds. The molecule has 0 fully saturated rings. The van der Waals surface area contributed by atoms with Crippen LogP contribution < -0.4 is 14.2 Å². The highest BCUT2D eigenvalue weighted by Gasteiger charge is 2.36. The molecule has 2 heterocycles. The highest BCUT2D eigenvalue weighted by molar-refractivity contribution is 9.10. The molecule has 0 saturated heterocycles. The minimum atomic E-state index is -0.461. The lowest BCUT2D eigenvalue weighted by Crippen LogP contribution is -2.35. The maximum atomic E-state index is 12.7. The van der Waals surface area contributed by atoms with Crippen LogP contribution in [0.1, 0.15) is 26.3 Å². The van der Waals surface area contributed by atoms with Crippen molar-refractivity contribution in [1.82, 2.24) is 5.01 Å². The summed E-state index contributed by atoms with van der Waals surface area (Å²) in [6.45, 7) is 7.07. The summed E-state index contributed by atoms with van der Waals surface area (Å²) in [7, 11) is 0. The van der Waals surface area contributed by atoms with Gasteiger partial charge in [0.15, 0.2) is 17.3 Å². The van der Waals surface area contributed by atoms with Crippen LogP contribution in [0, 0.1) is 11.3 Å². The molecule has 2 aromatic rings. The van der Waals surface area contributed by atoms with Crippen molar-refractivity contribution in [3.8, 4) is 17.2 Å². The third-order valence-electron chi connectivity index (χ3n) is 4.97. The number of carbonyl (C=O) groups is 1. The average molecular weight is 557 g/mol. The highest BCUT2D eigenvalue weighted by Crippen LogP contribution is 2.33. The van der Waals surface area contributed by atoms with Crippen molar-refractivity contribution in [3.05, 3.63) is 58.1 Å². The van der Waals surface area contributed by atoms with Gasteiger partial charge in [0.2, 0.25) is 5.17 Å². The summed E-state index contributed by atoms with van der Waals surface area (Å²) in [4.78, 5) is 16.8. The number of hydrazone groups is 1. The smallest absolute Gasteiger partial charge is 0.283 e. The summed E-state index contributed by atoms with van der Waals surface area (Å²) in [5.74, 6) is 1.60. The first kappa shape index (κ1) is 25.0. The quantitative estimate of drug-likeness (QED) is 0.320. The lowest BCUT2D eigenvalue weighted by atomic mass is 10.1. The summed E-state index contributed by atoms with van der Waals surface area (Å²) in [6.07, 6.45) is 1.63. The minimum absolute atomic E-state index is 0.00604. The van der Waals surface area contributed by atoms with Gasteiger partial charge in [0.05, 0.1) is 12.2 Å². The highest BCUT2D eigenvalue weighted by atomic mass is 79.9. The van der Waals surface area contributed by atoms with Crippen molar-refractivity contribution in [2.24, 2.45) is 16.0 Å². The number of rotatable bonds is 9. The van der Waals surface area contributed by atoms with Gasteiger partial charge < -0.3 is 14.2 Å². The van der Waals surface area contributed by atoms with Gasteiger partial charge in [-0.25, -0.2) is 0 Å². The summed E-state index contributed by atoms with van der Waals surface area (Å²) in [6, 6.07) is 13.0. The van der Waals surface area contributed by atoms with E-state index < -0.39 is 5.91 Å². The van der Waals surface area contributed by atoms with Crippen molar-refractivity contribution in [2.45, 2.75) is 20.8 Å². The molecule has 0 atom stereocenters. The second kappa shape index (κ2) is 11.1. The summed E-state index contributed by atoms with van der Waals surface area (Å²) < 4.78 is 18.3. The van der Waals surface area contributed by atoms with E-state index in [1.807, 2.05) is 51.1 Å². The number of amides is 1. The van der Waals surface area contributed by atoms with E-state index in [0.29, 0.717) is 42.1 Å². The number of benzene rings is 2. The third-order valence-corrected chi connectivity index (χ3v) is 6.70. The van der Waals surface area contributed by atoms with Gasteiger partial charge in [-0.05, 0) is 66.7 Å². The molecular formula is C25H25BrN4O4S. The van der Waals surface area contributed by atoms with Crippen LogP contribution in [0.5, 0.6) is 17.2 Å². The standard InChI is InChI=1S/C25H25BrN4O4S/c1-4-32-21-14-16(5-10-20(21)34-12-11-33-18-8-6-17(26)7-9-18)13-19-22(27)30-25(28-23(19)31)35-24(29-30)15(2)3/h5-10,13-15,27H,4,11-12H2,1-3H3/b19-13-,27-22?. The molecule has 0 aliphatic carbocycles. The number of hydrogen-bond acceptors (Lipinski definition) is 7. The molecule has 0 saturated carbocycles. The second-order valence-corrected chi connectivity index (χ2v) is 9.81. The van der Waals surface area contributed by atoms with Crippen LogP contribution in [0.3, 0.4) is 0 Å². The third kappa shape index (κ3) is 5.94. The Bertz CT molecular complexity index is 1220. The van der Waals surface area contributed by atoms with E-state index in [1.165, 1.54) is 16.8 Å². The van der Waals surface area contributed by atoms with E-state index >= 15 is 0 Å². The Labute approximate surface area is 216 Å². The van der Waals surface area contributed by atoms with Crippen molar-refractivity contribution >= 4 is 55.7 Å². The second-order valence-electron chi connectivity index (χ2n) is 7.90. The Kier molecular flexibility index (Phi) is 7.92. The topological polar surface area (TPSA) is 96.6 Å². The van der Waals surface area contributed by atoms with Gasteiger partial charge in [-0.15, -0.1) is 0 Å². The molecule has 2 aliphatic rings. The first-order valence-corrected chi connectivity index (χ1v) is 12.7. The van der Waals surface area contributed by atoms with E-state index in [9.17, 15) is 4.79 Å². The lowest BCUT2D eigenvalue weighted by molar-refractivity contribution is -0.114. The van der Waals surface area contributed by atoms with Gasteiger partial charge in [-0.3, -0.25) is 10.2 Å². The molecule has 0 spiro atoms. The summed E-state index contributed by atoms with van der Waals surface area (Å²) in [5, 5.41) is 15.6. The maximum absolute atomic E-state index is 12.7. The number of ether oxygens (including phenoxy) is 3. The van der Waals surface area contributed by atoms with Crippen molar-refractivity contribution in [1.29, 1.82) is 5.41 Å². The number of nitrogens with one attached hydrogen (secondary N) is 1. The fraction of sp³-hybridized carbons (Fsp3) is 0.280. The largest absolute Gasteiger partial charge is 0.490 e. The molecule has 182 valence electrons. The van der Waals surface area contributed by atoms with Crippen molar-refractivity contribution in [2.75, 3.05) is 19.8 Å². The van der Waals surface area contributed by atoms with Crippen molar-refractivity contribution < 1.29 is 19.0 Å². The molecule has 8 nitrogen and oxygen atoms in total. The summed E-state index contributed by atoms with van der Waals surface area (Å²) >= 11 is 4.73. The maximum Gasteiger partial charge on any atom is 0.283 e. The van der Waals surface area contributed by atoms with E-state index in [0.717, 1.165) is 15.3 Å². The van der Waals surface area contributed by atoms with E-state index in [4.69, 9.17) is 19.6 Å². The van der Waals surface area contributed by atoms with E-state index in [1.54, 1.807) is 18.2 Å². The van der Waals surface area contributed by atoms with Gasteiger partial charge in [0.25, 0.3) is 5.91 Å². The zero-order valence-corrected chi connectivity index (χ0v) is 22.0. The van der Waals surface area contributed by atoms with Gasteiger partial charge in [0, 0.05) is 10.4 Å². The zero-order chi connectivity index (χ0) is 24.9. The normalized spacial score (nSPS) is 16.4. The molecule has 2 aromatic carbocycles. The first-order valence-electron chi connectivity index (χ1n) is 11.1. The molecule has 10 heteroatoms. The van der Waals surface area contributed by atoms with Crippen LogP contribution in [0.15, 0.2) is 62.6 Å². The molecule has 1 N–H and O–H groups in total. The van der Waals surface area contributed by atoms with Crippen LogP contribution in [-0.2, 0) is 4.79 Å². The average Bonchev–Trinajstić information content (AvgIpc) is 3.26. The minimum Gasteiger partial charge on any atom is -0.490 e. The molecule has 0 bridgehead atoms. The Morgan fingerprint density at radius 2 is 1.83 bits per heavy atom. The zero-order valence-electron chi connectivity index (χ0n) is 19.6. The number of nitrogens with zero attached hydrogens (tertiary/aromatic N) is 3. The Morgan fingerprint density at radius 1 is 1.09 bits per heavy atom. The van der Waals surface area contributed by atoms with Gasteiger partial charge >= 0.3 is 0 Å². The van der Waals surface area contributed by atoms with Crippen LogP contribution in [0.2, 0.25) is 0 Å². The number of aliphatic imine (C=N–C) groups is 1. The Morgan fingerprint density at radius 3 is 2.54 bits per heavy atom. The molecule has 0 unspecified atom stereocenters. The van der Waals surface area contributed by atoms with Gasteiger partial charge in [-0.1, -0.05) is 35.8 Å². The molecular weight excluding hydrogens is 532 g/mol. The number of carbonyl (C=O) groups excluding carboxylic acids is 1. The predicted octanol–water partition coefficient (Wildman–Crippen LogP) is 5.58. The number of halogens is 1. The molecule has 4 rings (SSSR count). The fourth-order valence-electron chi connectivity index (χ4n) is 3.25. The van der Waals surface area contributed by atoms with Crippen LogP contribution in [0.25, 0.3) is 6.08 Å². The molecule has 0 aromatic heterocycles. The van der Waals surface area contributed by atoms with Crippen LogP contribution >= 0.6 is 27.7 Å². The summed E-state index contributed by atoms with van der Waals surface area (Å²) in [5.41, 5.74) is 0.862. The van der Waals surface area contributed by atoms with Gasteiger partial charge in [-0.2, -0.15) is 15.1 Å². The number of thioether (sulfide) groups is 1. The van der Waals surface area contributed by atoms with Gasteiger partial charge in [0.1, 0.15) is 24.0 Å². The fourth-order valence-corrected chi connectivity index (χ4v) is 4.41. The Hall–Kier alpha value is -3.11. The predicted molar refractivity (Wildman–Crippen MR) is 143 cm³/mol. The van der Waals surface area contributed by atoms with Crippen molar-refractivity contribution in [3.63, 3.8) is 0 Å². The monoisotopic (exact) mass is 556 g/mol. The number of amidine groups is 2. The van der Waals surface area contributed by atoms with E-state index in [2.05, 4.69) is 26.0 Å².